The molecule has 0 heterocycles. The van der Waals surface area contributed by atoms with Gasteiger partial charge < -0.3 is 10.1 Å². The summed E-state index contributed by atoms with van der Waals surface area (Å²) in [6.45, 7) is 0. The molecule has 9 nitrogen and oxygen atoms in total. The zero-order valence-corrected chi connectivity index (χ0v) is 19.3. The van der Waals surface area contributed by atoms with Crippen LogP contribution in [0.1, 0.15) is 22.0 Å². The highest BCUT2D eigenvalue weighted by molar-refractivity contribution is 7.92. The van der Waals surface area contributed by atoms with Gasteiger partial charge in [-0.15, -0.1) is 0 Å². The summed E-state index contributed by atoms with van der Waals surface area (Å²) < 4.78 is 32.7. The number of carbonyl (C=O) groups is 3. The average molecular weight is 482 g/mol. The first-order valence-corrected chi connectivity index (χ1v) is 11.6. The van der Waals surface area contributed by atoms with Gasteiger partial charge in [-0.25, -0.2) is 18.0 Å². The smallest absolute Gasteiger partial charge is 0.339 e. The SMILES string of the molecule is CNC(=O)NC(=O)[C@@H](OC(=O)c1cccc(S(=O)(=O)N(C)c2ccccc2)c1)c1ccccc1. The number of sulfonamides is 1. The van der Waals surface area contributed by atoms with Crippen LogP contribution in [-0.2, 0) is 19.6 Å². The molecule has 0 aliphatic heterocycles. The Bertz CT molecular complexity index is 1280. The fourth-order valence-electron chi connectivity index (χ4n) is 3.03. The van der Waals surface area contributed by atoms with Crippen LogP contribution in [0.25, 0.3) is 0 Å². The Morgan fingerprint density at radius 1 is 0.882 bits per heavy atom. The van der Waals surface area contributed by atoms with E-state index in [4.69, 9.17) is 4.74 Å². The van der Waals surface area contributed by atoms with Crippen molar-refractivity contribution < 1.29 is 27.5 Å². The van der Waals surface area contributed by atoms with E-state index in [1.54, 1.807) is 60.7 Å². The minimum Gasteiger partial charge on any atom is -0.444 e. The van der Waals surface area contributed by atoms with Crippen molar-refractivity contribution in [2.24, 2.45) is 0 Å². The highest BCUT2D eigenvalue weighted by Crippen LogP contribution is 2.24. The van der Waals surface area contributed by atoms with E-state index < -0.39 is 34.0 Å². The quantitative estimate of drug-likeness (QED) is 0.501. The number of nitrogens with zero attached hydrogens (tertiary/aromatic N) is 1. The summed E-state index contributed by atoms with van der Waals surface area (Å²) in [5.74, 6) is -1.79. The highest BCUT2D eigenvalue weighted by atomic mass is 32.2. The van der Waals surface area contributed by atoms with Crippen molar-refractivity contribution in [2.75, 3.05) is 18.4 Å². The molecule has 3 rings (SSSR count). The maximum Gasteiger partial charge on any atom is 0.339 e. The normalized spacial score (nSPS) is 11.7. The molecular weight excluding hydrogens is 458 g/mol. The Morgan fingerprint density at radius 2 is 1.50 bits per heavy atom. The number of benzene rings is 3. The molecule has 0 saturated heterocycles. The lowest BCUT2D eigenvalue weighted by Crippen LogP contribution is -2.41. The second kappa shape index (κ2) is 10.6. The molecule has 3 aromatic rings. The number of esters is 1. The fraction of sp³-hybridized carbons (Fsp3) is 0.125. The van der Waals surface area contributed by atoms with Crippen LogP contribution >= 0.6 is 0 Å². The van der Waals surface area contributed by atoms with Crippen molar-refractivity contribution in [3.8, 4) is 0 Å². The lowest BCUT2D eigenvalue weighted by atomic mass is 10.1. The summed E-state index contributed by atoms with van der Waals surface area (Å²) in [6.07, 6.45) is -1.43. The Balaban J connectivity index is 1.88. The van der Waals surface area contributed by atoms with Gasteiger partial charge >= 0.3 is 12.0 Å². The van der Waals surface area contributed by atoms with Crippen LogP contribution in [-0.4, -0.2) is 40.4 Å². The molecule has 2 N–H and O–H groups in total. The van der Waals surface area contributed by atoms with E-state index >= 15 is 0 Å². The van der Waals surface area contributed by atoms with Gasteiger partial charge in [0.2, 0.25) is 6.10 Å². The van der Waals surface area contributed by atoms with Crippen molar-refractivity contribution in [3.05, 3.63) is 96.1 Å². The molecule has 0 aliphatic carbocycles. The van der Waals surface area contributed by atoms with E-state index in [0.29, 0.717) is 11.3 Å². The number of nitrogens with one attached hydrogen (secondary N) is 2. The third kappa shape index (κ3) is 5.59. The zero-order chi connectivity index (χ0) is 24.7. The van der Waals surface area contributed by atoms with Gasteiger partial charge in [0, 0.05) is 19.7 Å². The lowest BCUT2D eigenvalue weighted by Gasteiger charge is -2.20. The van der Waals surface area contributed by atoms with E-state index in [0.717, 1.165) is 4.31 Å². The molecule has 176 valence electrons. The van der Waals surface area contributed by atoms with Gasteiger partial charge in [-0.1, -0.05) is 54.6 Å². The molecule has 0 aliphatic rings. The molecule has 0 aromatic heterocycles. The molecule has 0 fully saturated rings. The number of urea groups is 1. The fourth-order valence-corrected chi connectivity index (χ4v) is 4.28. The topological polar surface area (TPSA) is 122 Å². The van der Waals surface area contributed by atoms with E-state index in [-0.39, 0.29) is 10.5 Å². The average Bonchev–Trinajstić information content (AvgIpc) is 2.87. The van der Waals surface area contributed by atoms with Gasteiger partial charge in [-0.2, -0.15) is 0 Å². The van der Waals surface area contributed by atoms with Crippen LogP contribution in [0.5, 0.6) is 0 Å². The lowest BCUT2D eigenvalue weighted by molar-refractivity contribution is -0.129. The first kappa shape index (κ1) is 24.5. The standard InChI is InChI=1S/C24H23N3O6S/c1-25-24(30)26-22(28)21(17-10-5-3-6-11-17)33-23(29)18-12-9-15-20(16-18)34(31,32)27(2)19-13-7-4-8-14-19/h3-16,21H,1-2H3,(H2,25,26,28,30)/t21-/m0/s1. The molecule has 0 bridgehead atoms. The van der Waals surface area contributed by atoms with Gasteiger partial charge in [0.15, 0.2) is 0 Å². The first-order valence-electron chi connectivity index (χ1n) is 10.2. The van der Waals surface area contributed by atoms with E-state index in [9.17, 15) is 22.8 Å². The third-order valence-electron chi connectivity index (χ3n) is 4.88. The molecule has 1 atom stereocenters. The number of ether oxygens (including phenoxy) is 1. The first-order chi connectivity index (χ1) is 16.2. The van der Waals surface area contributed by atoms with E-state index in [1.807, 2.05) is 0 Å². The molecule has 34 heavy (non-hydrogen) atoms. The van der Waals surface area contributed by atoms with Crippen molar-refractivity contribution in [1.29, 1.82) is 0 Å². The monoisotopic (exact) mass is 481 g/mol. The van der Waals surface area contributed by atoms with Gasteiger partial charge in [-0.3, -0.25) is 14.4 Å². The summed E-state index contributed by atoms with van der Waals surface area (Å²) >= 11 is 0. The van der Waals surface area contributed by atoms with Crippen molar-refractivity contribution >= 4 is 33.6 Å². The number of carbonyl (C=O) groups excluding carboxylic acids is 3. The maximum absolute atomic E-state index is 13.1. The minimum atomic E-state index is -3.97. The summed E-state index contributed by atoms with van der Waals surface area (Å²) in [5, 5.41) is 4.34. The number of anilines is 1. The van der Waals surface area contributed by atoms with Crippen molar-refractivity contribution in [1.82, 2.24) is 10.6 Å². The minimum absolute atomic E-state index is 0.0730. The molecule has 0 unspecified atom stereocenters. The van der Waals surface area contributed by atoms with Crippen molar-refractivity contribution in [2.45, 2.75) is 11.0 Å². The predicted octanol–water partition coefficient (Wildman–Crippen LogP) is 2.87. The molecule has 0 saturated carbocycles. The van der Waals surface area contributed by atoms with Gasteiger partial charge in [0.1, 0.15) is 0 Å². The van der Waals surface area contributed by atoms with Gasteiger partial charge in [0.05, 0.1) is 16.1 Å². The number of imide groups is 1. The number of hydrogen-bond acceptors (Lipinski definition) is 6. The maximum atomic E-state index is 13.1. The molecule has 0 spiro atoms. The number of amides is 3. The summed E-state index contributed by atoms with van der Waals surface area (Å²) in [5.41, 5.74) is 0.714. The summed E-state index contributed by atoms with van der Waals surface area (Å²) in [4.78, 5) is 37.0. The Hall–Kier alpha value is -4.18. The predicted molar refractivity (Wildman–Crippen MR) is 126 cm³/mol. The van der Waals surface area contributed by atoms with Crippen LogP contribution in [0.3, 0.4) is 0 Å². The molecule has 3 aromatic carbocycles. The van der Waals surface area contributed by atoms with E-state index in [1.165, 1.54) is 38.4 Å². The van der Waals surface area contributed by atoms with Crippen LogP contribution in [0.4, 0.5) is 10.5 Å². The molecule has 0 radical (unpaired) electrons. The summed E-state index contributed by atoms with van der Waals surface area (Å²) in [6, 6.07) is 21.2. The van der Waals surface area contributed by atoms with Crippen LogP contribution in [0, 0.1) is 0 Å². The molecule has 3 amide bonds. The number of para-hydroxylation sites is 1. The Kier molecular flexibility index (Phi) is 7.64. The van der Waals surface area contributed by atoms with Crippen LogP contribution in [0.15, 0.2) is 89.8 Å². The van der Waals surface area contributed by atoms with Crippen LogP contribution in [0.2, 0.25) is 0 Å². The largest absolute Gasteiger partial charge is 0.444 e. The third-order valence-corrected chi connectivity index (χ3v) is 6.66. The Labute approximate surface area is 197 Å². The molecular formula is C24H23N3O6S. The van der Waals surface area contributed by atoms with Gasteiger partial charge in [-0.05, 0) is 30.3 Å². The van der Waals surface area contributed by atoms with E-state index in [2.05, 4.69) is 10.6 Å². The molecule has 10 heteroatoms. The highest BCUT2D eigenvalue weighted by Gasteiger charge is 2.28. The summed E-state index contributed by atoms with van der Waals surface area (Å²) in [7, 11) is -1.23. The second-order valence-electron chi connectivity index (χ2n) is 7.10. The van der Waals surface area contributed by atoms with Crippen molar-refractivity contribution in [3.63, 3.8) is 0 Å². The zero-order valence-electron chi connectivity index (χ0n) is 18.5. The van der Waals surface area contributed by atoms with Crippen LogP contribution < -0.4 is 14.9 Å². The number of rotatable bonds is 7. The van der Waals surface area contributed by atoms with Gasteiger partial charge in [0.25, 0.3) is 15.9 Å². The number of hydrogen-bond donors (Lipinski definition) is 2. The second-order valence-corrected chi connectivity index (χ2v) is 9.07. The Morgan fingerprint density at radius 3 is 2.12 bits per heavy atom.